The summed E-state index contributed by atoms with van der Waals surface area (Å²) in [6, 6.07) is 11.1. The first-order valence-corrected chi connectivity index (χ1v) is 12.0. The van der Waals surface area contributed by atoms with E-state index in [-0.39, 0.29) is 28.2 Å². The lowest BCUT2D eigenvalue weighted by Gasteiger charge is -2.12. The van der Waals surface area contributed by atoms with Crippen LogP contribution in [0.25, 0.3) is 16.9 Å². The van der Waals surface area contributed by atoms with Gasteiger partial charge in [0.1, 0.15) is 17.2 Å². The second-order valence-electron chi connectivity index (χ2n) is 7.33. The van der Waals surface area contributed by atoms with Gasteiger partial charge in [-0.15, -0.1) is 0 Å². The van der Waals surface area contributed by atoms with E-state index in [0.717, 1.165) is 12.1 Å². The summed E-state index contributed by atoms with van der Waals surface area (Å²) in [5.74, 6) is -2.02. The summed E-state index contributed by atoms with van der Waals surface area (Å²) in [6.45, 7) is 1.52. The average Bonchev–Trinajstić information content (AvgIpc) is 3.52. The van der Waals surface area contributed by atoms with Gasteiger partial charge in [-0.2, -0.15) is 10.1 Å². The maximum absolute atomic E-state index is 14.3. The summed E-state index contributed by atoms with van der Waals surface area (Å²) in [4.78, 5) is 11.4. The Labute approximate surface area is 197 Å². The predicted octanol–water partition coefficient (Wildman–Crippen LogP) is 4.80. The number of nitrogens with one attached hydrogen (secondary N) is 1. The van der Waals surface area contributed by atoms with E-state index in [1.165, 1.54) is 31.3 Å². The molecule has 35 heavy (non-hydrogen) atoms. The Morgan fingerprint density at radius 2 is 1.86 bits per heavy atom. The maximum Gasteiger partial charge on any atom is 0.265 e. The highest BCUT2D eigenvalue weighted by molar-refractivity contribution is 7.91. The number of hydrogen-bond donors (Lipinski definition) is 1. The first kappa shape index (κ1) is 22.5. The van der Waals surface area contributed by atoms with Crippen molar-refractivity contribution in [1.29, 1.82) is 0 Å². The standard InChI is InChI=1S/C23H17F2N5O4S/c1-2-35(31,32)20-8-7-15(13-26-20)33-18-11-14-12-19(30-10-4-9-27-30)28-22(14)29-23(18)34-21-16(24)5-3-6-17(21)25/h3-13H,2H2,1H3,(H,28,29). The van der Waals surface area contributed by atoms with Crippen LogP contribution in [0.3, 0.4) is 0 Å². The lowest BCUT2D eigenvalue weighted by molar-refractivity contribution is 0.370. The van der Waals surface area contributed by atoms with Crippen LogP contribution in [0, 0.1) is 11.6 Å². The molecule has 4 heterocycles. The van der Waals surface area contributed by atoms with Crippen molar-refractivity contribution in [3.8, 4) is 28.9 Å². The third-order valence-electron chi connectivity index (χ3n) is 5.03. The molecular weight excluding hydrogens is 480 g/mol. The third-order valence-corrected chi connectivity index (χ3v) is 6.67. The third kappa shape index (κ3) is 4.43. The van der Waals surface area contributed by atoms with Crippen molar-refractivity contribution < 1.29 is 26.7 Å². The average molecular weight is 497 g/mol. The number of hydrogen-bond acceptors (Lipinski definition) is 7. The zero-order valence-electron chi connectivity index (χ0n) is 18.1. The number of aromatic amines is 1. The van der Waals surface area contributed by atoms with E-state index in [4.69, 9.17) is 9.47 Å². The van der Waals surface area contributed by atoms with Crippen LogP contribution in [0.15, 0.2) is 72.1 Å². The van der Waals surface area contributed by atoms with Crippen LogP contribution in [0.4, 0.5) is 8.78 Å². The molecule has 1 N–H and O–H groups in total. The van der Waals surface area contributed by atoms with Gasteiger partial charge in [0, 0.05) is 17.8 Å². The summed E-state index contributed by atoms with van der Waals surface area (Å²) in [5, 5.41) is 4.66. The van der Waals surface area contributed by atoms with Crippen LogP contribution < -0.4 is 9.47 Å². The van der Waals surface area contributed by atoms with Gasteiger partial charge < -0.3 is 14.5 Å². The summed E-state index contributed by atoms with van der Waals surface area (Å²) in [7, 11) is -3.49. The highest BCUT2D eigenvalue weighted by atomic mass is 32.2. The molecule has 0 atom stereocenters. The van der Waals surface area contributed by atoms with Gasteiger partial charge in [0.15, 0.2) is 32.2 Å². The molecule has 0 amide bonds. The van der Waals surface area contributed by atoms with Crippen molar-refractivity contribution in [2.75, 3.05) is 5.75 Å². The van der Waals surface area contributed by atoms with Gasteiger partial charge in [0.05, 0.1) is 11.9 Å². The molecule has 178 valence electrons. The van der Waals surface area contributed by atoms with E-state index in [1.807, 2.05) is 0 Å². The van der Waals surface area contributed by atoms with Crippen molar-refractivity contribution in [3.05, 3.63) is 78.8 Å². The number of fused-ring (bicyclic) bond motifs is 1. The largest absolute Gasteiger partial charge is 0.450 e. The molecule has 0 unspecified atom stereocenters. The highest BCUT2D eigenvalue weighted by Gasteiger charge is 2.19. The van der Waals surface area contributed by atoms with E-state index >= 15 is 0 Å². The van der Waals surface area contributed by atoms with Gasteiger partial charge in [-0.3, -0.25) is 0 Å². The minimum absolute atomic E-state index is 0.0269. The lowest BCUT2D eigenvalue weighted by Crippen LogP contribution is -2.05. The van der Waals surface area contributed by atoms with E-state index in [2.05, 4.69) is 20.1 Å². The Balaban J connectivity index is 1.57. The highest BCUT2D eigenvalue weighted by Crippen LogP contribution is 2.37. The fourth-order valence-electron chi connectivity index (χ4n) is 3.25. The molecule has 12 heteroatoms. The van der Waals surface area contributed by atoms with Crippen LogP contribution in [-0.4, -0.2) is 38.9 Å². The minimum Gasteiger partial charge on any atom is -0.450 e. The first-order chi connectivity index (χ1) is 16.8. The van der Waals surface area contributed by atoms with E-state index < -0.39 is 27.2 Å². The number of benzene rings is 1. The Hall–Kier alpha value is -4.32. The number of H-pyrrole nitrogens is 1. The van der Waals surface area contributed by atoms with Crippen molar-refractivity contribution in [3.63, 3.8) is 0 Å². The Morgan fingerprint density at radius 1 is 1.06 bits per heavy atom. The second kappa shape index (κ2) is 8.80. The number of rotatable bonds is 7. The lowest BCUT2D eigenvalue weighted by atomic mass is 10.3. The zero-order chi connectivity index (χ0) is 24.6. The maximum atomic E-state index is 14.3. The molecule has 0 aliphatic rings. The van der Waals surface area contributed by atoms with Gasteiger partial charge in [-0.25, -0.2) is 26.9 Å². The fraction of sp³-hybridized carbons (Fsp3) is 0.0870. The van der Waals surface area contributed by atoms with Crippen LogP contribution in [0.1, 0.15) is 6.92 Å². The minimum atomic E-state index is -3.49. The molecule has 0 aliphatic carbocycles. The van der Waals surface area contributed by atoms with E-state index in [1.54, 1.807) is 35.3 Å². The monoisotopic (exact) mass is 497 g/mol. The molecule has 9 nitrogen and oxygen atoms in total. The Kier molecular flexibility index (Phi) is 5.65. The SMILES string of the molecule is CCS(=O)(=O)c1ccc(Oc2cc3cc(-n4cccn4)[nH]c3nc2Oc2c(F)cccc2F)cn1. The van der Waals surface area contributed by atoms with Gasteiger partial charge in [-0.05, 0) is 42.5 Å². The number of pyridine rings is 2. The van der Waals surface area contributed by atoms with Gasteiger partial charge in [0.2, 0.25) is 5.75 Å². The molecule has 0 bridgehead atoms. The summed E-state index contributed by atoms with van der Waals surface area (Å²) >= 11 is 0. The number of nitrogens with zero attached hydrogens (tertiary/aromatic N) is 4. The fourth-order valence-corrected chi connectivity index (χ4v) is 4.04. The molecule has 5 aromatic rings. The molecule has 0 saturated carbocycles. The number of para-hydroxylation sites is 1. The van der Waals surface area contributed by atoms with Crippen LogP contribution in [0.5, 0.6) is 23.1 Å². The first-order valence-electron chi connectivity index (χ1n) is 10.4. The molecule has 0 radical (unpaired) electrons. The second-order valence-corrected chi connectivity index (χ2v) is 9.55. The molecular formula is C23H17F2N5O4S. The molecule has 0 saturated heterocycles. The van der Waals surface area contributed by atoms with Crippen molar-refractivity contribution in [1.82, 2.24) is 24.7 Å². The van der Waals surface area contributed by atoms with Crippen molar-refractivity contribution in [2.24, 2.45) is 0 Å². The molecule has 5 rings (SSSR count). The molecule has 4 aromatic heterocycles. The normalized spacial score (nSPS) is 11.6. The number of aromatic nitrogens is 5. The Bertz CT molecular complexity index is 1600. The zero-order valence-corrected chi connectivity index (χ0v) is 19.0. The van der Waals surface area contributed by atoms with Crippen molar-refractivity contribution in [2.45, 2.75) is 11.9 Å². The predicted molar refractivity (Wildman–Crippen MR) is 122 cm³/mol. The van der Waals surface area contributed by atoms with Crippen LogP contribution >= 0.6 is 0 Å². The van der Waals surface area contributed by atoms with Gasteiger partial charge in [0.25, 0.3) is 5.88 Å². The van der Waals surface area contributed by atoms with E-state index in [0.29, 0.717) is 16.9 Å². The smallest absolute Gasteiger partial charge is 0.265 e. The van der Waals surface area contributed by atoms with Gasteiger partial charge in [-0.1, -0.05) is 13.0 Å². The number of halogens is 2. The quantitative estimate of drug-likeness (QED) is 0.344. The topological polar surface area (TPSA) is 112 Å². The molecule has 0 fully saturated rings. The summed E-state index contributed by atoms with van der Waals surface area (Å²) < 4.78 is 65.5. The van der Waals surface area contributed by atoms with Crippen molar-refractivity contribution >= 4 is 20.9 Å². The van der Waals surface area contributed by atoms with Crippen LogP contribution in [-0.2, 0) is 9.84 Å². The van der Waals surface area contributed by atoms with Gasteiger partial charge >= 0.3 is 0 Å². The Morgan fingerprint density at radius 3 is 2.51 bits per heavy atom. The summed E-state index contributed by atoms with van der Waals surface area (Å²) in [5.41, 5.74) is 0.358. The number of sulfone groups is 1. The molecule has 0 spiro atoms. The van der Waals surface area contributed by atoms with Crippen LogP contribution in [0.2, 0.25) is 0 Å². The number of ether oxygens (including phenoxy) is 2. The molecule has 1 aromatic carbocycles. The summed E-state index contributed by atoms with van der Waals surface area (Å²) in [6.07, 6.45) is 4.57. The molecule has 0 aliphatic heterocycles. The van der Waals surface area contributed by atoms with E-state index in [9.17, 15) is 17.2 Å².